The number of benzene rings is 1. The van der Waals surface area contributed by atoms with Crippen LogP contribution in [0.1, 0.15) is 29.8 Å². The molecule has 0 spiro atoms. The van der Waals surface area contributed by atoms with Crippen LogP contribution in [-0.2, 0) is 11.3 Å². The third-order valence-corrected chi connectivity index (χ3v) is 3.55. The van der Waals surface area contributed by atoms with E-state index in [1.54, 1.807) is 10.7 Å². The number of aromatic nitrogens is 2. The molecule has 1 aromatic heterocycles. The second-order valence-corrected chi connectivity index (χ2v) is 4.82. The summed E-state index contributed by atoms with van der Waals surface area (Å²) in [6.07, 6.45) is 3.37. The van der Waals surface area contributed by atoms with E-state index in [9.17, 15) is 9.90 Å². The van der Waals surface area contributed by atoms with Crippen LogP contribution in [0.3, 0.4) is 0 Å². The Morgan fingerprint density at radius 2 is 2.32 bits per heavy atom. The van der Waals surface area contributed by atoms with Crippen LogP contribution < -0.4 is 0 Å². The van der Waals surface area contributed by atoms with Crippen molar-refractivity contribution in [3.05, 3.63) is 30.0 Å². The average molecular weight is 260 g/mol. The van der Waals surface area contributed by atoms with Crippen LogP contribution in [0.5, 0.6) is 0 Å². The number of carboxylic acid groups (broad SMARTS) is 1. The lowest BCUT2D eigenvalue weighted by Crippen LogP contribution is -2.11. The molecular formula is C14H16N2O3. The van der Waals surface area contributed by atoms with Crippen molar-refractivity contribution >= 4 is 16.9 Å². The first-order chi connectivity index (χ1) is 9.25. The van der Waals surface area contributed by atoms with Crippen molar-refractivity contribution in [1.29, 1.82) is 0 Å². The van der Waals surface area contributed by atoms with E-state index in [0.717, 1.165) is 31.4 Å². The number of ether oxygens (including phenoxy) is 1. The summed E-state index contributed by atoms with van der Waals surface area (Å²) in [6, 6.07) is 7.44. The second kappa shape index (κ2) is 5.01. The zero-order valence-electron chi connectivity index (χ0n) is 10.6. The van der Waals surface area contributed by atoms with E-state index < -0.39 is 5.97 Å². The fourth-order valence-corrected chi connectivity index (χ4v) is 2.59. The molecule has 1 aromatic carbocycles. The van der Waals surface area contributed by atoms with Crippen LogP contribution in [0.2, 0.25) is 0 Å². The Labute approximate surface area is 110 Å². The number of carbonyl (C=O) groups is 1. The topological polar surface area (TPSA) is 64.3 Å². The summed E-state index contributed by atoms with van der Waals surface area (Å²) in [5, 5.41) is 14.1. The maximum atomic E-state index is 11.2. The van der Waals surface area contributed by atoms with Gasteiger partial charge in [0.05, 0.1) is 11.6 Å². The van der Waals surface area contributed by atoms with Gasteiger partial charge in [0.15, 0.2) is 5.69 Å². The highest BCUT2D eigenvalue weighted by atomic mass is 16.5. The van der Waals surface area contributed by atoms with Crippen LogP contribution in [0.4, 0.5) is 0 Å². The molecule has 5 heteroatoms. The van der Waals surface area contributed by atoms with Gasteiger partial charge in [-0.25, -0.2) is 4.79 Å². The molecular weight excluding hydrogens is 244 g/mol. The highest BCUT2D eigenvalue weighted by Gasteiger charge is 2.18. The van der Waals surface area contributed by atoms with Gasteiger partial charge < -0.3 is 9.84 Å². The molecule has 0 bridgehead atoms. The minimum atomic E-state index is -0.980. The molecule has 2 aromatic rings. The molecule has 1 fully saturated rings. The van der Waals surface area contributed by atoms with E-state index in [1.807, 2.05) is 18.2 Å². The lowest BCUT2D eigenvalue weighted by Gasteiger charge is -2.09. The lowest BCUT2D eigenvalue weighted by molar-refractivity contribution is 0.0691. The SMILES string of the molecule is O=C(O)c1nn(CCC2CCCO2)c2ccccc12. The number of nitrogens with zero attached hydrogens (tertiary/aromatic N) is 2. The summed E-state index contributed by atoms with van der Waals surface area (Å²) in [5.41, 5.74) is 1.00. The van der Waals surface area contributed by atoms with Gasteiger partial charge in [-0.2, -0.15) is 5.10 Å². The Hall–Kier alpha value is -1.88. The van der Waals surface area contributed by atoms with Crippen molar-refractivity contribution in [1.82, 2.24) is 9.78 Å². The average Bonchev–Trinajstić information content (AvgIpc) is 3.04. The minimum absolute atomic E-state index is 0.128. The Bertz CT molecular complexity index is 600. The first-order valence-corrected chi connectivity index (χ1v) is 6.56. The fraction of sp³-hybridized carbons (Fsp3) is 0.429. The van der Waals surface area contributed by atoms with Crippen molar-refractivity contribution in [3.63, 3.8) is 0 Å². The first kappa shape index (κ1) is 12.2. The number of aromatic carboxylic acids is 1. The summed E-state index contributed by atoms with van der Waals surface area (Å²) in [7, 11) is 0. The van der Waals surface area contributed by atoms with E-state index in [1.165, 1.54) is 0 Å². The van der Waals surface area contributed by atoms with Crippen LogP contribution in [0.25, 0.3) is 10.9 Å². The molecule has 1 unspecified atom stereocenters. The number of fused-ring (bicyclic) bond motifs is 1. The smallest absolute Gasteiger partial charge is 0.357 e. The predicted molar refractivity (Wildman–Crippen MR) is 70.3 cm³/mol. The monoisotopic (exact) mass is 260 g/mol. The van der Waals surface area contributed by atoms with Gasteiger partial charge in [0.2, 0.25) is 0 Å². The van der Waals surface area contributed by atoms with Gasteiger partial charge in [-0.3, -0.25) is 4.68 Å². The molecule has 0 aliphatic carbocycles. The molecule has 1 N–H and O–H groups in total. The Morgan fingerprint density at radius 3 is 3.05 bits per heavy atom. The van der Waals surface area contributed by atoms with Gasteiger partial charge in [-0.05, 0) is 25.3 Å². The summed E-state index contributed by atoms with van der Waals surface area (Å²) in [5.74, 6) is -0.980. The quantitative estimate of drug-likeness (QED) is 0.916. The maximum absolute atomic E-state index is 11.2. The van der Waals surface area contributed by atoms with Crippen molar-refractivity contribution in [2.45, 2.75) is 31.9 Å². The second-order valence-electron chi connectivity index (χ2n) is 4.82. The number of hydrogen-bond acceptors (Lipinski definition) is 3. The van der Waals surface area contributed by atoms with E-state index >= 15 is 0 Å². The Morgan fingerprint density at radius 1 is 1.47 bits per heavy atom. The number of rotatable bonds is 4. The lowest BCUT2D eigenvalue weighted by atomic mass is 10.2. The molecule has 0 radical (unpaired) electrons. The van der Waals surface area contributed by atoms with Crippen molar-refractivity contribution < 1.29 is 14.6 Å². The molecule has 0 amide bonds. The molecule has 1 aliphatic rings. The van der Waals surface area contributed by atoms with Gasteiger partial charge in [-0.15, -0.1) is 0 Å². The van der Waals surface area contributed by atoms with E-state index in [2.05, 4.69) is 5.10 Å². The van der Waals surface area contributed by atoms with Crippen molar-refractivity contribution in [3.8, 4) is 0 Å². The zero-order valence-corrected chi connectivity index (χ0v) is 10.6. The molecule has 3 rings (SSSR count). The molecule has 2 heterocycles. The Kier molecular flexibility index (Phi) is 3.21. The third kappa shape index (κ3) is 2.33. The van der Waals surface area contributed by atoms with Crippen LogP contribution in [-0.4, -0.2) is 33.6 Å². The third-order valence-electron chi connectivity index (χ3n) is 3.55. The van der Waals surface area contributed by atoms with E-state index in [-0.39, 0.29) is 11.8 Å². The molecule has 100 valence electrons. The van der Waals surface area contributed by atoms with Gasteiger partial charge in [0, 0.05) is 18.5 Å². The molecule has 0 saturated carbocycles. The van der Waals surface area contributed by atoms with Crippen molar-refractivity contribution in [2.75, 3.05) is 6.61 Å². The fourth-order valence-electron chi connectivity index (χ4n) is 2.59. The zero-order chi connectivity index (χ0) is 13.2. The summed E-state index contributed by atoms with van der Waals surface area (Å²) >= 11 is 0. The summed E-state index contributed by atoms with van der Waals surface area (Å²) in [6.45, 7) is 1.53. The highest BCUT2D eigenvalue weighted by molar-refractivity contribution is 6.01. The van der Waals surface area contributed by atoms with Crippen LogP contribution >= 0.6 is 0 Å². The molecule has 1 atom stereocenters. The van der Waals surface area contributed by atoms with E-state index in [4.69, 9.17) is 4.74 Å². The summed E-state index contributed by atoms with van der Waals surface area (Å²) in [4.78, 5) is 11.2. The van der Waals surface area contributed by atoms with Gasteiger partial charge in [0.1, 0.15) is 0 Å². The Balaban J connectivity index is 1.87. The van der Waals surface area contributed by atoms with Crippen LogP contribution in [0, 0.1) is 0 Å². The largest absolute Gasteiger partial charge is 0.476 e. The number of aryl methyl sites for hydroxylation is 1. The molecule has 19 heavy (non-hydrogen) atoms. The number of hydrogen-bond donors (Lipinski definition) is 1. The first-order valence-electron chi connectivity index (χ1n) is 6.56. The molecule has 1 saturated heterocycles. The van der Waals surface area contributed by atoms with Crippen molar-refractivity contribution in [2.24, 2.45) is 0 Å². The van der Waals surface area contributed by atoms with Gasteiger partial charge >= 0.3 is 5.97 Å². The van der Waals surface area contributed by atoms with Gasteiger partial charge in [-0.1, -0.05) is 18.2 Å². The summed E-state index contributed by atoms with van der Waals surface area (Å²) < 4.78 is 7.36. The number of para-hydroxylation sites is 1. The van der Waals surface area contributed by atoms with Gasteiger partial charge in [0.25, 0.3) is 0 Å². The standard InChI is InChI=1S/C14H16N2O3/c17-14(18)13-11-5-1-2-6-12(11)16(15-13)8-7-10-4-3-9-19-10/h1-2,5-6,10H,3-4,7-9H2,(H,17,18). The molecule has 1 aliphatic heterocycles. The van der Waals surface area contributed by atoms with E-state index in [0.29, 0.717) is 11.9 Å². The normalized spacial score (nSPS) is 19.1. The maximum Gasteiger partial charge on any atom is 0.357 e. The number of carboxylic acids is 1. The minimum Gasteiger partial charge on any atom is -0.476 e. The predicted octanol–water partition coefficient (Wildman–Crippen LogP) is 2.30. The molecule has 5 nitrogen and oxygen atoms in total. The highest BCUT2D eigenvalue weighted by Crippen LogP contribution is 2.21. The van der Waals surface area contributed by atoms with Crippen LogP contribution in [0.15, 0.2) is 24.3 Å².